The second-order valence-electron chi connectivity index (χ2n) is 5.68. The van der Waals surface area contributed by atoms with Crippen LogP contribution in [0.1, 0.15) is 11.3 Å². The summed E-state index contributed by atoms with van der Waals surface area (Å²) in [6, 6.07) is 9.54. The molecule has 1 fully saturated rings. The molecule has 124 valence electrons. The molecule has 7 heteroatoms. The minimum absolute atomic E-state index is 0.561. The molecule has 0 amide bonds. The Balaban J connectivity index is 1.45. The predicted octanol–water partition coefficient (Wildman–Crippen LogP) is 1.25. The number of hydrogen-bond donors (Lipinski definition) is 0. The van der Waals surface area contributed by atoms with Crippen molar-refractivity contribution in [3.63, 3.8) is 0 Å². The quantitative estimate of drug-likeness (QED) is 0.819. The molecule has 0 aromatic carbocycles. The average Bonchev–Trinajstić information content (AvgIpc) is 2.64. The van der Waals surface area contributed by atoms with Crippen LogP contribution in [-0.2, 0) is 0 Å². The van der Waals surface area contributed by atoms with E-state index in [4.69, 9.17) is 4.74 Å². The number of nitrogens with zero attached hydrogens (tertiary/aromatic N) is 6. The van der Waals surface area contributed by atoms with Gasteiger partial charge in [0.05, 0.1) is 11.3 Å². The summed E-state index contributed by atoms with van der Waals surface area (Å²) in [4.78, 5) is 8.86. The van der Waals surface area contributed by atoms with Crippen LogP contribution < -0.4 is 9.64 Å². The Hall–Kier alpha value is -2.72. The normalized spacial score (nSPS) is 15.1. The van der Waals surface area contributed by atoms with Crippen molar-refractivity contribution < 1.29 is 4.74 Å². The largest absolute Gasteiger partial charge is 0.475 e. The fraction of sp³-hybridized carbons (Fsp3) is 0.412. The van der Waals surface area contributed by atoms with Crippen molar-refractivity contribution in [2.45, 2.75) is 6.92 Å². The molecule has 0 bridgehead atoms. The van der Waals surface area contributed by atoms with Crippen LogP contribution in [0.25, 0.3) is 0 Å². The molecule has 1 aliphatic rings. The Bertz CT molecular complexity index is 704. The summed E-state index contributed by atoms with van der Waals surface area (Å²) in [7, 11) is 0. The number of nitriles is 1. The molecular formula is C17H20N6O. The fourth-order valence-corrected chi connectivity index (χ4v) is 2.66. The third-order valence-electron chi connectivity index (χ3n) is 4.01. The molecule has 1 saturated heterocycles. The molecule has 0 aliphatic carbocycles. The van der Waals surface area contributed by atoms with Crippen molar-refractivity contribution in [1.82, 2.24) is 20.1 Å². The molecule has 24 heavy (non-hydrogen) atoms. The lowest BCUT2D eigenvalue weighted by molar-refractivity contribution is 0.195. The smallest absolute Gasteiger partial charge is 0.233 e. The molecule has 0 saturated carbocycles. The Morgan fingerprint density at radius 3 is 2.71 bits per heavy atom. The van der Waals surface area contributed by atoms with Crippen molar-refractivity contribution in [3.05, 3.63) is 41.7 Å². The zero-order valence-electron chi connectivity index (χ0n) is 13.7. The highest BCUT2D eigenvalue weighted by Crippen LogP contribution is 2.17. The number of aryl methyl sites for hydroxylation is 1. The molecule has 7 nitrogen and oxygen atoms in total. The molecule has 0 unspecified atom stereocenters. The maximum atomic E-state index is 9.19. The van der Waals surface area contributed by atoms with E-state index in [1.165, 1.54) is 0 Å². The van der Waals surface area contributed by atoms with Gasteiger partial charge in [0.15, 0.2) is 0 Å². The zero-order chi connectivity index (χ0) is 16.8. The number of piperazine rings is 1. The van der Waals surface area contributed by atoms with E-state index in [0.717, 1.165) is 44.2 Å². The van der Waals surface area contributed by atoms with Crippen molar-refractivity contribution >= 4 is 5.82 Å². The van der Waals surface area contributed by atoms with Gasteiger partial charge in [0.1, 0.15) is 18.5 Å². The van der Waals surface area contributed by atoms with Gasteiger partial charge in [-0.25, -0.2) is 4.98 Å². The molecule has 2 aromatic heterocycles. The van der Waals surface area contributed by atoms with Gasteiger partial charge < -0.3 is 9.64 Å². The highest BCUT2D eigenvalue weighted by Gasteiger charge is 2.19. The topological polar surface area (TPSA) is 78.2 Å². The number of aromatic nitrogens is 3. The van der Waals surface area contributed by atoms with E-state index in [2.05, 4.69) is 31.1 Å². The van der Waals surface area contributed by atoms with Crippen LogP contribution >= 0.6 is 0 Å². The Kier molecular flexibility index (Phi) is 5.18. The van der Waals surface area contributed by atoms with Crippen LogP contribution in [0.3, 0.4) is 0 Å². The fourth-order valence-electron chi connectivity index (χ4n) is 2.66. The monoisotopic (exact) mass is 324 g/mol. The lowest BCUT2D eigenvalue weighted by Gasteiger charge is -2.35. The van der Waals surface area contributed by atoms with Crippen molar-refractivity contribution in [2.75, 3.05) is 44.2 Å². The third kappa shape index (κ3) is 3.97. The SMILES string of the molecule is Cc1ccc(OCCN2CCN(c3ncccc3C#N)CC2)nn1. The lowest BCUT2D eigenvalue weighted by Crippen LogP contribution is -2.48. The number of rotatable bonds is 5. The maximum absolute atomic E-state index is 9.19. The summed E-state index contributed by atoms with van der Waals surface area (Å²) in [6.45, 7) is 6.89. The second-order valence-corrected chi connectivity index (χ2v) is 5.68. The number of anilines is 1. The van der Waals surface area contributed by atoms with Crippen molar-refractivity contribution in [1.29, 1.82) is 5.26 Å². The number of ether oxygens (including phenoxy) is 1. The highest BCUT2D eigenvalue weighted by molar-refractivity contribution is 5.53. The first-order valence-corrected chi connectivity index (χ1v) is 8.02. The lowest BCUT2D eigenvalue weighted by atomic mass is 10.2. The van der Waals surface area contributed by atoms with Gasteiger partial charge in [0.25, 0.3) is 0 Å². The van der Waals surface area contributed by atoms with E-state index in [0.29, 0.717) is 18.1 Å². The van der Waals surface area contributed by atoms with Crippen LogP contribution in [0.4, 0.5) is 5.82 Å². The van der Waals surface area contributed by atoms with Gasteiger partial charge in [-0.3, -0.25) is 4.90 Å². The van der Waals surface area contributed by atoms with E-state index >= 15 is 0 Å². The molecule has 0 N–H and O–H groups in total. The minimum atomic E-state index is 0.561. The molecule has 2 aromatic rings. The first-order valence-electron chi connectivity index (χ1n) is 8.02. The summed E-state index contributed by atoms with van der Waals surface area (Å²) < 4.78 is 5.63. The first kappa shape index (κ1) is 16.1. The van der Waals surface area contributed by atoms with Crippen LogP contribution in [0.5, 0.6) is 5.88 Å². The van der Waals surface area contributed by atoms with E-state index in [9.17, 15) is 5.26 Å². The maximum Gasteiger partial charge on any atom is 0.233 e. The number of pyridine rings is 1. The molecule has 3 heterocycles. The van der Waals surface area contributed by atoms with E-state index in [-0.39, 0.29) is 0 Å². The van der Waals surface area contributed by atoms with E-state index < -0.39 is 0 Å². The van der Waals surface area contributed by atoms with Crippen LogP contribution in [0.2, 0.25) is 0 Å². The predicted molar refractivity (Wildman–Crippen MR) is 89.9 cm³/mol. The van der Waals surface area contributed by atoms with Crippen molar-refractivity contribution in [2.24, 2.45) is 0 Å². The van der Waals surface area contributed by atoms with Crippen LogP contribution in [0.15, 0.2) is 30.5 Å². The van der Waals surface area contributed by atoms with Gasteiger partial charge in [-0.2, -0.15) is 10.4 Å². The zero-order valence-corrected chi connectivity index (χ0v) is 13.7. The second kappa shape index (κ2) is 7.70. The molecule has 0 spiro atoms. The Morgan fingerprint density at radius 2 is 2.00 bits per heavy atom. The third-order valence-corrected chi connectivity index (χ3v) is 4.01. The molecular weight excluding hydrogens is 304 g/mol. The van der Waals surface area contributed by atoms with Gasteiger partial charge in [0, 0.05) is 45.0 Å². The Morgan fingerprint density at radius 1 is 1.17 bits per heavy atom. The average molecular weight is 324 g/mol. The van der Waals surface area contributed by atoms with Gasteiger partial charge in [-0.05, 0) is 25.1 Å². The van der Waals surface area contributed by atoms with E-state index in [1.54, 1.807) is 12.3 Å². The van der Waals surface area contributed by atoms with Crippen LogP contribution in [-0.4, -0.2) is 59.4 Å². The summed E-state index contributed by atoms with van der Waals surface area (Å²) in [5.41, 5.74) is 1.51. The highest BCUT2D eigenvalue weighted by atomic mass is 16.5. The molecule has 1 aliphatic heterocycles. The molecule has 0 atom stereocenters. The van der Waals surface area contributed by atoms with E-state index in [1.807, 2.05) is 25.1 Å². The summed E-state index contributed by atoms with van der Waals surface area (Å²) in [5, 5.41) is 17.2. The van der Waals surface area contributed by atoms with Gasteiger partial charge in [0.2, 0.25) is 5.88 Å². The summed E-state index contributed by atoms with van der Waals surface area (Å²) >= 11 is 0. The summed E-state index contributed by atoms with van der Waals surface area (Å²) in [6.07, 6.45) is 1.74. The molecule has 3 rings (SSSR count). The minimum Gasteiger partial charge on any atom is -0.475 e. The summed E-state index contributed by atoms with van der Waals surface area (Å²) in [5.74, 6) is 1.34. The first-order chi connectivity index (χ1) is 11.8. The van der Waals surface area contributed by atoms with Gasteiger partial charge >= 0.3 is 0 Å². The van der Waals surface area contributed by atoms with Gasteiger partial charge in [-0.15, -0.1) is 5.10 Å². The van der Waals surface area contributed by atoms with Crippen LogP contribution in [0, 0.1) is 18.3 Å². The van der Waals surface area contributed by atoms with Crippen molar-refractivity contribution in [3.8, 4) is 11.9 Å². The van der Waals surface area contributed by atoms with Gasteiger partial charge in [-0.1, -0.05) is 0 Å². The molecule has 0 radical (unpaired) electrons. The number of hydrogen-bond acceptors (Lipinski definition) is 7. The Labute approximate surface area is 141 Å². The standard InChI is InChI=1S/C17H20N6O/c1-14-4-5-16(21-20-14)24-12-11-22-7-9-23(10-8-22)17-15(13-18)3-2-6-19-17/h2-6H,7-12H2,1H3.